The van der Waals surface area contributed by atoms with E-state index >= 15 is 0 Å². The van der Waals surface area contributed by atoms with Crippen molar-refractivity contribution in [3.63, 3.8) is 0 Å². The highest BCUT2D eigenvalue weighted by Gasteiger charge is 2.14. The number of unbranched alkanes of at least 4 members (excludes halogenated alkanes) is 1. The Kier molecular flexibility index (Phi) is 5.37. The molecule has 0 aromatic heterocycles. The number of hydrogen-bond acceptors (Lipinski definition) is 3. The molecule has 0 aliphatic heterocycles. The van der Waals surface area contributed by atoms with E-state index in [4.69, 9.17) is 0 Å². The largest absolute Gasteiger partial charge is 0.317 e. The molecule has 0 saturated heterocycles. The van der Waals surface area contributed by atoms with Gasteiger partial charge < -0.3 is 5.32 Å². The summed E-state index contributed by atoms with van der Waals surface area (Å²) in [4.78, 5) is 0.433. The number of rotatable bonds is 7. The quantitative estimate of drug-likeness (QED) is 0.798. The normalized spacial score (nSPS) is 13.4. The molecule has 0 saturated carbocycles. The molecule has 0 aliphatic carbocycles. The molecular formula is C17H23NO2S. The third-order valence-electron chi connectivity index (χ3n) is 3.87. The van der Waals surface area contributed by atoms with Gasteiger partial charge in [0.05, 0.1) is 10.6 Å². The van der Waals surface area contributed by atoms with Gasteiger partial charge in [0.25, 0.3) is 0 Å². The third kappa shape index (κ3) is 4.29. The minimum Gasteiger partial charge on any atom is -0.317 e. The fraction of sp³-hybridized carbons (Fsp3) is 0.412. The molecule has 1 unspecified atom stereocenters. The molecule has 3 nitrogen and oxygen atoms in total. The van der Waals surface area contributed by atoms with Crippen LogP contribution in [-0.4, -0.2) is 27.3 Å². The maximum atomic E-state index is 12.4. The Bertz CT molecular complexity index is 695. The molecule has 1 N–H and O–H groups in total. The van der Waals surface area contributed by atoms with Crippen LogP contribution in [-0.2, 0) is 9.84 Å². The Labute approximate surface area is 127 Å². The van der Waals surface area contributed by atoms with Gasteiger partial charge in [-0.25, -0.2) is 8.42 Å². The molecule has 2 aromatic carbocycles. The lowest BCUT2D eigenvalue weighted by Crippen LogP contribution is -2.21. The van der Waals surface area contributed by atoms with Gasteiger partial charge in [-0.3, -0.25) is 0 Å². The maximum Gasteiger partial charge on any atom is 0.178 e. The zero-order chi connectivity index (χ0) is 15.3. The van der Waals surface area contributed by atoms with Gasteiger partial charge in [0.2, 0.25) is 0 Å². The van der Waals surface area contributed by atoms with Crippen molar-refractivity contribution in [3.05, 3.63) is 42.5 Å². The summed E-state index contributed by atoms with van der Waals surface area (Å²) in [5, 5.41) is 5.21. The van der Waals surface area contributed by atoms with Crippen molar-refractivity contribution in [2.24, 2.45) is 0 Å². The van der Waals surface area contributed by atoms with Gasteiger partial charge in [0.15, 0.2) is 9.84 Å². The molecule has 1 atom stereocenters. The van der Waals surface area contributed by atoms with Crippen LogP contribution in [0, 0.1) is 0 Å². The number of fused-ring (bicyclic) bond motifs is 1. The predicted octanol–water partition coefficient (Wildman–Crippen LogP) is 3.39. The molecule has 0 spiro atoms. The summed E-state index contributed by atoms with van der Waals surface area (Å²) in [5.41, 5.74) is 0. The Morgan fingerprint density at radius 2 is 1.76 bits per heavy atom. The molecule has 114 valence electrons. The lowest BCUT2D eigenvalue weighted by molar-refractivity contribution is 0.533. The maximum absolute atomic E-state index is 12.4. The third-order valence-corrected chi connectivity index (χ3v) is 5.67. The summed E-state index contributed by atoms with van der Waals surface area (Å²) in [6, 6.07) is 13.6. The van der Waals surface area contributed by atoms with Gasteiger partial charge in [-0.05, 0) is 49.7 Å². The molecule has 2 aromatic rings. The molecule has 2 rings (SSSR count). The van der Waals surface area contributed by atoms with Crippen LogP contribution in [0.2, 0.25) is 0 Å². The van der Waals surface area contributed by atoms with E-state index < -0.39 is 9.84 Å². The highest BCUT2D eigenvalue weighted by molar-refractivity contribution is 7.91. The SMILES string of the molecule is CNC(C)CCCCS(=O)(=O)c1ccc2ccccc2c1. The zero-order valence-electron chi connectivity index (χ0n) is 12.7. The van der Waals surface area contributed by atoms with Crippen molar-refractivity contribution < 1.29 is 8.42 Å². The average molecular weight is 305 g/mol. The minimum atomic E-state index is -3.18. The molecule has 0 amide bonds. The van der Waals surface area contributed by atoms with Crippen molar-refractivity contribution in [3.8, 4) is 0 Å². The smallest absolute Gasteiger partial charge is 0.178 e. The van der Waals surface area contributed by atoms with Crippen LogP contribution in [0.4, 0.5) is 0 Å². The van der Waals surface area contributed by atoms with E-state index in [1.807, 2.05) is 37.4 Å². The molecule has 0 fully saturated rings. The summed E-state index contributed by atoms with van der Waals surface area (Å²) >= 11 is 0. The molecule has 0 aliphatic rings. The van der Waals surface area contributed by atoms with E-state index in [1.54, 1.807) is 12.1 Å². The average Bonchev–Trinajstić information content (AvgIpc) is 2.50. The zero-order valence-corrected chi connectivity index (χ0v) is 13.5. The molecule has 0 radical (unpaired) electrons. The lowest BCUT2D eigenvalue weighted by Gasteiger charge is -2.10. The second kappa shape index (κ2) is 7.05. The molecule has 4 heteroatoms. The Balaban J connectivity index is 2.04. The van der Waals surface area contributed by atoms with E-state index in [0.717, 1.165) is 23.6 Å². The Hall–Kier alpha value is -1.39. The fourth-order valence-electron chi connectivity index (χ4n) is 2.37. The molecule has 0 heterocycles. The molecule has 21 heavy (non-hydrogen) atoms. The highest BCUT2D eigenvalue weighted by Crippen LogP contribution is 2.20. The second-order valence-electron chi connectivity index (χ2n) is 5.51. The molecule has 0 bridgehead atoms. The topological polar surface area (TPSA) is 46.2 Å². The summed E-state index contributed by atoms with van der Waals surface area (Å²) in [5.74, 6) is 0.224. The fourth-order valence-corrected chi connectivity index (χ4v) is 3.77. The van der Waals surface area contributed by atoms with Crippen LogP contribution in [0.25, 0.3) is 10.8 Å². The van der Waals surface area contributed by atoms with Gasteiger partial charge in [0, 0.05) is 6.04 Å². The van der Waals surface area contributed by atoms with Crippen LogP contribution in [0.1, 0.15) is 26.2 Å². The van der Waals surface area contributed by atoms with Crippen molar-refractivity contribution >= 4 is 20.6 Å². The first-order chi connectivity index (χ1) is 10.0. The van der Waals surface area contributed by atoms with E-state index in [0.29, 0.717) is 17.4 Å². The van der Waals surface area contributed by atoms with Crippen molar-refractivity contribution in [1.29, 1.82) is 0 Å². The van der Waals surface area contributed by atoms with Gasteiger partial charge >= 0.3 is 0 Å². The number of sulfone groups is 1. The van der Waals surface area contributed by atoms with Crippen LogP contribution < -0.4 is 5.32 Å². The van der Waals surface area contributed by atoms with Crippen molar-refractivity contribution in [2.45, 2.75) is 37.1 Å². The van der Waals surface area contributed by atoms with Crippen LogP contribution >= 0.6 is 0 Å². The van der Waals surface area contributed by atoms with E-state index in [-0.39, 0.29) is 5.75 Å². The molecular weight excluding hydrogens is 282 g/mol. The van der Waals surface area contributed by atoms with E-state index in [9.17, 15) is 8.42 Å². The Morgan fingerprint density at radius 3 is 2.48 bits per heavy atom. The first-order valence-corrected chi connectivity index (χ1v) is 9.07. The Morgan fingerprint density at radius 1 is 1.05 bits per heavy atom. The standard InChI is InChI=1S/C17H23NO2S/c1-14(18-2)7-5-6-12-21(19,20)17-11-10-15-8-3-4-9-16(15)13-17/h3-4,8-11,13-14,18H,5-7,12H2,1-2H3. The predicted molar refractivity (Wildman–Crippen MR) is 88.4 cm³/mol. The number of benzene rings is 2. The van der Waals surface area contributed by atoms with Crippen LogP contribution in [0.3, 0.4) is 0 Å². The lowest BCUT2D eigenvalue weighted by atomic mass is 10.1. The van der Waals surface area contributed by atoms with Crippen molar-refractivity contribution in [1.82, 2.24) is 5.32 Å². The van der Waals surface area contributed by atoms with Gasteiger partial charge in [0.1, 0.15) is 0 Å². The summed E-state index contributed by atoms with van der Waals surface area (Å²) in [6.45, 7) is 2.11. The van der Waals surface area contributed by atoms with Gasteiger partial charge in [-0.2, -0.15) is 0 Å². The van der Waals surface area contributed by atoms with E-state index in [2.05, 4.69) is 12.2 Å². The van der Waals surface area contributed by atoms with Crippen LogP contribution in [0.5, 0.6) is 0 Å². The summed E-state index contributed by atoms with van der Waals surface area (Å²) < 4.78 is 24.7. The van der Waals surface area contributed by atoms with Gasteiger partial charge in [-0.15, -0.1) is 0 Å². The summed E-state index contributed by atoms with van der Waals surface area (Å²) in [6.07, 6.45) is 2.64. The minimum absolute atomic E-state index is 0.224. The van der Waals surface area contributed by atoms with Crippen LogP contribution in [0.15, 0.2) is 47.4 Å². The second-order valence-corrected chi connectivity index (χ2v) is 7.62. The van der Waals surface area contributed by atoms with Crippen molar-refractivity contribution in [2.75, 3.05) is 12.8 Å². The monoisotopic (exact) mass is 305 g/mol. The number of nitrogens with one attached hydrogen (secondary N) is 1. The summed E-state index contributed by atoms with van der Waals surface area (Å²) in [7, 11) is -1.25. The first kappa shape index (κ1) is 16.0. The number of hydrogen-bond donors (Lipinski definition) is 1. The van der Waals surface area contributed by atoms with Gasteiger partial charge in [-0.1, -0.05) is 36.8 Å². The first-order valence-electron chi connectivity index (χ1n) is 7.42. The van der Waals surface area contributed by atoms with E-state index in [1.165, 1.54) is 0 Å². The highest BCUT2D eigenvalue weighted by atomic mass is 32.2.